The van der Waals surface area contributed by atoms with E-state index >= 15 is 0 Å². The highest BCUT2D eigenvalue weighted by atomic mass is 32.2. The van der Waals surface area contributed by atoms with Crippen LogP contribution in [0.5, 0.6) is 5.75 Å². The van der Waals surface area contributed by atoms with Crippen molar-refractivity contribution in [3.63, 3.8) is 0 Å². The van der Waals surface area contributed by atoms with E-state index in [4.69, 9.17) is 4.74 Å². The van der Waals surface area contributed by atoms with Crippen LogP contribution < -0.4 is 14.4 Å². The second kappa shape index (κ2) is 14.2. The zero-order chi connectivity index (χ0) is 29.2. The quantitative estimate of drug-likeness (QED) is 0.315. The predicted molar refractivity (Wildman–Crippen MR) is 160 cm³/mol. The maximum atomic E-state index is 14.1. The van der Waals surface area contributed by atoms with Crippen LogP contribution in [-0.2, 0) is 26.0 Å². The first-order chi connectivity index (χ1) is 19.8. The average molecular weight is 578 g/mol. The molecule has 41 heavy (non-hydrogen) atoms. The van der Waals surface area contributed by atoms with Crippen LogP contribution in [0.1, 0.15) is 45.1 Å². The van der Waals surface area contributed by atoms with Crippen molar-refractivity contribution in [2.45, 2.75) is 62.9 Å². The Morgan fingerprint density at radius 1 is 0.927 bits per heavy atom. The van der Waals surface area contributed by atoms with Crippen LogP contribution in [0, 0.1) is 0 Å². The molecule has 0 aliphatic heterocycles. The summed E-state index contributed by atoms with van der Waals surface area (Å²) in [6.07, 6.45) is 4.51. The van der Waals surface area contributed by atoms with E-state index in [1.807, 2.05) is 37.3 Å². The van der Waals surface area contributed by atoms with Gasteiger partial charge in [-0.05, 0) is 62.9 Å². The van der Waals surface area contributed by atoms with Crippen molar-refractivity contribution in [2.24, 2.45) is 0 Å². The lowest BCUT2D eigenvalue weighted by atomic mass is 10.1. The fourth-order valence-corrected chi connectivity index (χ4v) is 6.58. The van der Waals surface area contributed by atoms with Crippen LogP contribution in [0.4, 0.5) is 5.69 Å². The van der Waals surface area contributed by atoms with Gasteiger partial charge >= 0.3 is 0 Å². The Labute approximate surface area is 243 Å². The molecule has 1 aliphatic carbocycles. The fraction of sp³-hybridized carbons (Fsp3) is 0.375. The Kier molecular flexibility index (Phi) is 10.4. The fourth-order valence-electron chi connectivity index (χ4n) is 5.14. The molecular weight excluding hydrogens is 538 g/mol. The van der Waals surface area contributed by atoms with Crippen LogP contribution >= 0.6 is 0 Å². The number of rotatable bonds is 13. The van der Waals surface area contributed by atoms with Gasteiger partial charge in [-0.1, -0.05) is 73.5 Å². The number of hydrogen-bond acceptors (Lipinski definition) is 5. The summed E-state index contributed by atoms with van der Waals surface area (Å²) in [7, 11) is -4.15. The minimum Gasteiger partial charge on any atom is -0.492 e. The van der Waals surface area contributed by atoms with E-state index in [0.717, 1.165) is 35.6 Å². The first-order valence-corrected chi connectivity index (χ1v) is 15.7. The van der Waals surface area contributed by atoms with Gasteiger partial charge in [0.05, 0.1) is 17.2 Å². The number of anilines is 1. The van der Waals surface area contributed by atoms with E-state index in [9.17, 15) is 18.0 Å². The molecule has 2 amide bonds. The van der Waals surface area contributed by atoms with E-state index in [1.165, 1.54) is 17.0 Å². The highest BCUT2D eigenvalue weighted by Gasteiger charge is 2.34. The summed E-state index contributed by atoms with van der Waals surface area (Å²) in [5.74, 6) is -0.350. The third-order valence-electron chi connectivity index (χ3n) is 7.40. The van der Waals surface area contributed by atoms with Crippen molar-refractivity contribution in [1.29, 1.82) is 0 Å². The number of sulfonamides is 1. The Morgan fingerprint density at radius 2 is 1.54 bits per heavy atom. The standard InChI is InChI=1S/C32H39N3O5S/c1-3-40-30-21-13-12-20-29(30)35(41(38,39)28-18-8-5-9-19-28)24-31(36)34(23-22-26-14-6-4-7-15-26)25(2)32(37)33-27-16-10-11-17-27/h4-9,12-15,18-21,25,27H,3,10-11,16-17,22-24H2,1-2H3,(H,33,37). The van der Waals surface area contributed by atoms with Gasteiger partial charge in [-0.15, -0.1) is 0 Å². The highest BCUT2D eigenvalue weighted by Crippen LogP contribution is 2.32. The Bertz CT molecular complexity index is 1390. The number of nitrogens with one attached hydrogen (secondary N) is 1. The topological polar surface area (TPSA) is 96.0 Å². The minimum absolute atomic E-state index is 0.0574. The summed E-state index contributed by atoms with van der Waals surface area (Å²) in [4.78, 5) is 28.9. The number of carbonyl (C=O) groups is 2. The lowest BCUT2D eigenvalue weighted by Crippen LogP contribution is -2.53. The van der Waals surface area contributed by atoms with Gasteiger partial charge in [0.2, 0.25) is 11.8 Å². The molecule has 3 aromatic rings. The largest absolute Gasteiger partial charge is 0.492 e. The maximum absolute atomic E-state index is 14.1. The molecular formula is C32H39N3O5S. The van der Waals surface area contributed by atoms with Gasteiger partial charge in [0.15, 0.2) is 0 Å². The van der Waals surface area contributed by atoms with Gasteiger partial charge in [0.1, 0.15) is 18.3 Å². The SMILES string of the molecule is CCOc1ccccc1N(CC(=O)N(CCc1ccccc1)C(C)C(=O)NC1CCCC1)S(=O)(=O)c1ccccc1. The second-order valence-corrected chi connectivity index (χ2v) is 12.1. The first-order valence-electron chi connectivity index (χ1n) is 14.2. The van der Waals surface area contributed by atoms with Crippen LogP contribution in [0.2, 0.25) is 0 Å². The van der Waals surface area contributed by atoms with E-state index in [1.54, 1.807) is 49.4 Å². The zero-order valence-electron chi connectivity index (χ0n) is 23.7. The molecule has 8 nitrogen and oxygen atoms in total. The zero-order valence-corrected chi connectivity index (χ0v) is 24.6. The molecule has 4 rings (SSSR count). The number of nitrogens with zero attached hydrogens (tertiary/aromatic N) is 2. The summed E-state index contributed by atoms with van der Waals surface area (Å²) in [5, 5.41) is 3.09. The van der Waals surface area contributed by atoms with Gasteiger partial charge < -0.3 is 15.0 Å². The van der Waals surface area contributed by atoms with Crippen molar-refractivity contribution in [1.82, 2.24) is 10.2 Å². The summed E-state index contributed by atoms with van der Waals surface area (Å²) in [6.45, 7) is 3.61. The van der Waals surface area contributed by atoms with Gasteiger partial charge in [-0.2, -0.15) is 0 Å². The molecule has 0 saturated heterocycles. The molecule has 0 bridgehead atoms. The summed E-state index contributed by atoms with van der Waals surface area (Å²) < 4.78 is 34.8. The third kappa shape index (κ3) is 7.67. The van der Waals surface area contributed by atoms with Crippen LogP contribution in [-0.4, -0.2) is 56.9 Å². The van der Waals surface area contributed by atoms with Crippen LogP contribution in [0.25, 0.3) is 0 Å². The Hall–Kier alpha value is -3.85. The highest BCUT2D eigenvalue weighted by molar-refractivity contribution is 7.92. The van der Waals surface area contributed by atoms with Crippen molar-refractivity contribution in [3.05, 3.63) is 90.5 Å². The molecule has 0 heterocycles. The van der Waals surface area contributed by atoms with Gasteiger partial charge in [0, 0.05) is 12.6 Å². The molecule has 1 unspecified atom stereocenters. The normalized spacial score (nSPS) is 14.3. The van der Waals surface area contributed by atoms with Crippen molar-refractivity contribution in [2.75, 3.05) is 24.0 Å². The maximum Gasteiger partial charge on any atom is 0.264 e. The minimum atomic E-state index is -4.15. The Morgan fingerprint density at radius 3 is 2.20 bits per heavy atom. The average Bonchev–Trinajstić information content (AvgIpc) is 3.50. The van der Waals surface area contributed by atoms with Crippen molar-refractivity contribution >= 4 is 27.5 Å². The monoisotopic (exact) mass is 577 g/mol. The summed E-state index contributed by atoms with van der Waals surface area (Å²) >= 11 is 0. The molecule has 9 heteroatoms. The lowest BCUT2D eigenvalue weighted by molar-refractivity contribution is -0.139. The van der Waals surface area contributed by atoms with Crippen LogP contribution in [0.3, 0.4) is 0 Å². The molecule has 0 spiro atoms. The molecule has 1 fully saturated rings. The van der Waals surface area contributed by atoms with Gasteiger partial charge in [-0.25, -0.2) is 8.42 Å². The molecule has 1 aliphatic rings. The summed E-state index contributed by atoms with van der Waals surface area (Å²) in [6, 6.07) is 23.8. The number of benzene rings is 3. The smallest absolute Gasteiger partial charge is 0.264 e. The number of hydrogen-bond donors (Lipinski definition) is 1. The number of ether oxygens (including phenoxy) is 1. The number of carbonyl (C=O) groups excluding carboxylic acids is 2. The van der Waals surface area contributed by atoms with Crippen molar-refractivity contribution < 1.29 is 22.7 Å². The number of amides is 2. The van der Waals surface area contributed by atoms with E-state index < -0.39 is 28.5 Å². The first kappa shape index (κ1) is 30.1. The number of para-hydroxylation sites is 2. The van der Waals surface area contributed by atoms with Crippen molar-refractivity contribution in [3.8, 4) is 5.75 Å². The molecule has 0 aromatic heterocycles. The van der Waals surface area contributed by atoms with E-state index in [-0.39, 0.29) is 29.1 Å². The van der Waals surface area contributed by atoms with E-state index in [2.05, 4.69) is 5.32 Å². The molecule has 3 aromatic carbocycles. The predicted octanol–water partition coefficient (Wildman–Crippen LogP) is 4.80. The molecule has 1 atom stereocenters. The second-order valence-electron chi connectivity index (χ2n) is 10.2. The molecule has 1 N–H and O–H groups in total. The van der Waals surface area contributed by atoms with E-state index in [0.29, 0.717) is 18.8 Å². The van der Waals surface area contributed by atoms with Gasteiger partial charge in [-0.3, -0.25) is 13.9 Å². The van der Waals surface area contributed by atoms with Gasteiger partial charge in [0.25, 0.3) is 10.0 Å². The lowest BCUT2D eigenvalue weighted by Gasteiger charge is -2.33. The molecule has 0 radical (unpaired) electrons. The molecule has 1 saturated carbocycles. The summed E-state index contributed by atoms with van der Waals surface area (Å²) in [5.41, 5.74) is 1.28. The Balaban J connectivity index is 1.67. The van der Waals surface area contributed by atoms with Crippen LogP contribution in [0.15, 0.2) is 89.8 Å². The third-order valence-corrected chi connectivity index (χ3v) is 9.17. The molecule has 218 valence electrons.